The highest BCUT2D eigenvalue weighted by Crippen LogP contribution is 2.15. The number of hydrogen-bond donors (Lipinski definition) is 0. The number of unbranched alkanes of at least 4 members (excludes halogenated alkanes) is 29. The third-order valence-electron chi connectivity index (χ3n) is 12.9. The van der Waals surface area contributed by atoms with Gasteiger partial charge in [0.25, 0.3) is 0 Å². The largest absolute Gasteiger partial charge is 0.462 e. The molecule has 6 nitrogen and oxygen atoms in total. The van der Waals surface area contributed by atoms with Gasteiger partial charge in [0.2, 0.25) is 0 Å². The van der Waals surface area contributed by atoms with E-state index >= 15 is 0 Å². The van der Waals surface area contributed by atoms with Crippen LogP contribution in [0, 0.1) is 0 Å². The van der Waals surface area contributed by atoms with Gasteiger partial charge in [-0.3, -0.25) is 14.4 Å². The predicted octanol–water partition coefficient (Wildman–Crippen LogP) is 20.5. The van der Waals surface area contributed by atoms with Crippen LogP contribution in [0.15, 0.2) is 97.2 Å². The highest BCUT2D eigenvalue weighted by Gasteiger charge is 2.19. The van der Waals surface area contributed by atoms with Crippen LogP contribution in [0.1, 0.15) is 284 Å². The highest BCUT2D eigenvalue weighted by molar-refractivity contribution is 5.71. The Hall–Kier alpha value is -3.67. The van der Waals surface area contributed by atoms with E-state index in [9.17, 15) is 14.4 Å². The zero-order chi connectivity index (χ0) is 52.2. The first-order valence-electron chi connectivity index (χ1n) is 30.3. The molecule has 0 saturated carbocycles. The van der Waals surface area contributed by atoms with E-state index < -0.39 is 6.10 Å². The van der Waals surface area contributed by atoms with Crippen molar-refractivity contribution >= 4 is 17.9 Å². The molecule has 0 aliphatic rings. The Morgan fingerprint density at radius 3 is 0.972 bits per heavy atom. The Balaban J connectivity index is 4.46. The van der Waals surface area contributed by atoms with Gasteiger partial charge in [-0.25, -0.2) is 0 Å². The summed E-state index contributed by atoms with van der Waals surface area (Å²) in [5.41, 5.74) is 0. The summed E-state index contributed by atoms with van der Waals surface area (Å²) in [5, 5.41) is 0. The molecule has 412 valence electrons. The van der Waals surface area contributed by atoms with Gasteiger partial charge in [-0.15, -0.1) is 0 Å². The van der Waals surface area contributed by atoms with Gasteiger partial charge < -0.3 is 14.2 Å². The first-order valence-corrected chi connectivity index (χ1v) is 30.3. The molecule has 0 aromatic heterocycles. The standard InChI is InChI=1S/C66H112O6/c1-4-7-10-13-16-19-22-25-28-31-33-36-38-41-44-47-50-53-56-59-65(68)71-62-63(61-70-64(67)58-55-52-49-46-43-40-37-34-30-27-24-21-18-15-12-9-6-3)72-66(69)60-57-54-51-48-45-42-39-35-32-29-26-23-20-17-14-11-8-5-2/h7,10,16,19,23,25-30,32-33,35-36,39,63H,4-6,8-9,11-15,17-18,20-22,24,31,34,37-38,40-62H2,1-3H3/b10-7-,19-16-,26-23-,28-25-,30-27-,32-29-,36-33-,39-35-. The third-order valence-corrected chi connectivity index (χ3v) is 12.9. The molecule has 0 heterocycles. The Morgan fingerprint density at radius 2 is 0.597 bits per heavy atom. The van der Waals surface area contributed by atoms with Crippen LogP contribution < -0.4 is 0 Å². The number of ether oxygens (including phenoxy) is 3. The quantitative estimate of drug-likeness (QED) is 0.0199. The van der Waals surface area contributed by atoms with E-state index in [0.29, 0.717) is 19.3 Å². The third kappa shape index (κ3) is 57.2. The second kappa shape index (κ2) is 59.9. The molecule has 0 aliphatic carbocycles. The maximum absolute atomic E-state index is 12.9. The molecule has 0 saturated heterocycles. The second-order valence-electron chi connectivity index (χ2n) is 19.9. The number of allylic oxidation sites excluding steroid dienone is 16. The molecule has 0 aliphatic heterocycles. The van der Waals surface area contributed by atoms with Crippen molar-refractivity contribution < 1.29 is 28.6 Å². The molecular formula is C66H112O6. The first-order chi connectivity index (χ1) is 35.5. The topological polar surface area (TPSA) is 78.9 Å². The van der Waals surface area contributed by atoms with E-state index in [2.05, 4.69) is 118 Å². The van der Waals surface area contributed by atoms with Crippen molar-refractivity contribution in [3.05, 3.63) is 97.2 Å². The number of esters is 3. The zero-order valence-electron chi connectivity index (χ0n) is 47.2. The summed E-state index contributed by atoms with van der Waals surface area (Å²) in [6.45, 7) is 6.49. The Labute approximate surface area is 445 Å². The molecule has 6 heteroatoms. The lowest BCUT2D eigenvalue weighted by atomic mass is 10.1. The molecule has 72 heavy (non-hydrogen) atoms. The number of carbonyl (C=O) groups excluding carboxylic acids is 3. The number of rotatable bonds is 54. The average Bonchev–Trinajstić information content (AvgIpc) is 3.38. The van der Waals surface area contributed by atoms with Crippen molar-refractivity contribution in [3.63, 3.8) is 0 Å². The first kappa shape index (κ1) is 68.3. The molecule has 1 unspecified atom stereocenters. The van der Waals surface area contributed by atoms with Crippen molar-refractivity contribution in [1.82, 2.24) is 0 Å². The normalized spacial score (nSPS) is 12.8. The lowest BCUT2D eigenvalue weighted by Gasteiger charge is -2.18. The lowest BCUT2D eigenvalue weighted by Crippen LogP contribution is -2.30. The fourth-order valence-corrected chi connectivity index (χ4v) is 8.31. The fourth-order valence-electron chi connectivity index (χ4n) is 8.31. The van der Waals surface area contributed by atoms with Crippen LogP contribution in [0.25, 0.3) is 0 Å². The molecule has 0 radical (unpaired) electrons. The van der Waals surface area contributed by atoms with Crippen LogP contribution in [0.2, 0.25) is 0 Å². The molecule has 0 rings (SSSR count). The van der Waals surface area contributed by atoms with Crippen molar-refractivity contribution in [2.75, 3.05) is 13.2 Å². The summed E-state index contributed by atoms with van der Waals surface area (Å²) < 4.78 is 16.9. The van der Waals surface area contributed by atoms with Crippen molar-refractivity contribution in [1.29, 1.82) is 0 Å². The summed E-state index contributed by atoms with van der Waals surface area (Å²) in [6.07, 6.45) is 79.6. The monoisotopic (exact) mass is 1000 g/mol. The molecule has 0 fully saturated rings. The highest BCUT2D eigenvalue weighted by atomic mass is 16.6. The lowest BCUT2D eigenvalue weighted by molar-refractivity contribution is -0.167. The van der Waals surface area contributed by atoms with E-state index in [1.54, 1.807) is 0 Å². The van der Waals surface area contributed by atoms with E-state index in [0.717, 1.165) is 122 Å². The van der Waals surface area contributed by atoms with Crippen LogP contribution in [0.3, 0.4) is 0 Å². The van der Waals surface area contributed by atoms with Crippen LogP contribution in [0.5, 0.6) is 0 Å². The summed E-state index contributed by atoms with van der Waals surface area (Å²) in [7, 11) is 0. The van der Waals surface area contributed by atoms with Gasteiger partial charge in [0, 0.05) is 19.3 Å². The number of carbonyl (C=O) groups is 3. The summed E-state index contributed by atoms with van der Waals surface area (Å²) in [5.74, 6) is -0.925. The predicted molar refractivity (Wildman–Crippen MR) is 311 cm³/mol. The van der Waals surface area contributed by atoms with Crippen LogP contribution >= 0.6 is 0 Å². The van der Waals surface area contributed by atoms with Gasteiger partial charge >= 0.3 is 17.9 Å². The van der Waals surface area contributed by atoms with Crippen LogP contribution in [0.4, 0.5) is 0 Å². The molecule has 0 amide bonds. The molecular weight excluding hydrogens is 889 g/mol. The maximum atomic E-state index is 12.9. The minimum Gasteiger partial charge on any atom is -0.462 e. The van der Waals surface area contributed by atoms with Crippen molar-refractivity contribution in [2.24, 2.45) is 0 Å². The molecule has 0 aromatic rings. The molecule has 0 bridgehead atoms. The molecule has 0 aromatic carbocycles. The van der Waals surface area contributed by atoms with Gasteiger partial charge in [0.15, 0.2) is 6.10 Å². The minimum absolute atomic E-state index is 0.0930. The molecule has 1 atom stereocenters. The van der Waals surface area contributed by atoms with Gasteiger partial charge in [-0.1, -0.05) is 253 Å². The van der Waals surface area contributed by atoms with Gasteiger partial charge in [-0.05, 0) is 109 Å². The molecule has 0 N–H and O–H groups in total. The summed E-state index contributed by atoms with van der Waals surface area (Å²) in [4.78, 5) is 38.3. The Morgan fingerprint density at radius 1 is 0.306 bits per heavy atom. The van der Waals surface area contributed by atoms with Gasteiger partial charge in [-0.2, -0.15) is 0 Å². The zero-order valence-corrected chi connectivity index (χ0v) is 47.2. The van der Waals surface area contributed by atoms with Gasteiger partial charge in [0.05, 0.1) is 0 Å². The van der Waals surface area contributed by atoms with Gasteiger partial charge in [0.1, 0.15) is 13.2 Å². The smallest absolute Gasteiger partial charge is 0.306 e. The fraction of sp³-hybridized carbons (Fsp3) is 0.712. The number of hydrogen-bond acceptors (Lipinski definition) is 6. The van der Waals surface area contributed by atoms with E-state index in [1.165, 1.54) is 122 Å². The SMILES string of the molecule is CC/C=C\C/C=C\C/C=C\C/C=C\CCCCCCCCC(=O)OCC(COC(=O)CCCCCCCCC/C=C\CCCCCCCC)OC(=O)CCCCCCC\C=C/C=C\C=C/CCCCCCC. The van der Waals surface area contributed by atoms with E-state index in [-0.39, 0.29) is 31.1 Å². The van der Waals surface area contributed by atoms with Crippen molar-refractivity contribution in [3.8, 4) is 0 Å². The second-order valence-corrected chi connectivity index (χ2v) is 19.9. The summed E-state index contributed by atoms with van der Waals surface area (Å²) >= 11 is 0. The van der Waals surface area contributed by atoms with Crippen LogP contribution in [-0.4, -0.2) is 37.2 Å². The van der Waals surface area contributed by atoms with E-state index in [1.807, 2.05) is 0 Å². The minimum atomic E-state index is -0.798. The average molecular weight is 1000 g/mol. The van der Waals surface area contributed by atoms with Crippen LogP contribution in [-0.2, 0) is 28.6 Å². The van der Waals surface area contributed by atoms with E-state index in [4.69, 9.17) is 14.2 Å². The Kier molecular flexibility index (Phi) is 56.8. The molecule has 0 spiro atoms. The summed E-state index contributed by atoms with van der Waals surface area (Å²) in [6, 6.07) is 0. The Bertz CT molecular complexity index is 1430. The van der Waals surface area contributed by atoms with Crippen molar-refractivity contribution in [2.45, 2.75) is 290 Å². The maximum Gasteiger partial charge on any atom is 0.306 e.